The Morgan fingerprint density at radius 2 is 2.28 bits per heavy atom. The molecule has 0 saturated carbocycles. The van der Waals surface area contributed by atoms with Crippen molar-refractivity contribution >= 4 is 0 Å². The quantitative estimate of drug-likeness (QED) is 0.880. The molecular formula is C14H18FN3. The molecule has 3 nitrogen and oxygen atoms in total. The molecule has 0 saturated heterocycles. The predicted octanol–water partition coefficient (Wildman–Crippen LogP) is 2.89. The summed E-state index contributed by atoms with van der Waals surface area (Å²) in [6.45, 7) is 5.66. The van der Waals surface area contributed by atoms with Crippen LogP contribution in [0.4, 0.5) is 4.39 Å². The zero-order chi connectivity index (χ0) is 13.0. The summed E-state index contributed by atoms with van der Waals surface area (Å²) in [5.41, 5.74) is 2.10. The normalized spacial score (nSPS) is 12.6. The lowest BCUT2D eigenvalue weighted by atomic mass is 10.1. The van der Waals surface area contributed by atoms with E-state index in [2.05, 4.69) is 24.3 Å². The highest BCUT2D eigenvalue weighted by molar-refractivity contribution is 5.17. The minimum absolute atomic E-state index is 0.194. The number of nitrogens with one attached hydrogen (secondary N) is 1. The van der Waals surface area contributed by atoms with Crippen LogP contribution in [0.5, 0.6) is 0 Å². The Labute approximate surface area is 107 Å². The average molecular weight is 247 g/mol. The van der Waals surface area contributed by atoms with Gasteiger partial charge in [0.25, 0.3) is 0 Å². The van der Waals surface area contributed by atoms with Crippen molar-refractivity contribution in [1.82, 2.24) is 15.1 Å². The first-order valence-electron chi connectivity index (χ1n) is 6.19. The molecule has 1 aromatic carbocycles. The molecule has 1 unspecified atom stereocenters. The molecule has 1 aromatic heterocycles. The van der Waals surface area contributed by atoms with Crippen molar-refractivity contribution in [1.29, 1.82) is 0 Å². The number of hydrogen-bond acceptors (Lipinski definition) is 2. The lowest BCUT2D eigenvalue weighted by molar-refractivity contribution is 0.567. The summed E-state index contributed by atoms with van der Waals surface area (Å²) in [5.74, 6) is -0.194. The Morgan fingerprint density at radius 1 is 1.44 bits per heavy atom. The molecule has 1 N–H and O–H groups in total. The number of rotatable bonds is 5. The van der Waals surface area contributed by atoms with Crippen LogP contribution < -0.4 is 5.32 Å². The molecule has 18 heavy (non-hydrogen) atoms. The van der Waals surface area contributed by atoms with Crippen LogP contribution in [0.25, 0.3) is 0 Å². The van der Waals surface area contributed by atoms with Gasteiger partial charge >= 0.3 is 0 Å². The highest BCUT2D eigenvalue weighted by Crippen LogP contribution is 2.12. The number of aryl methyl sites for hydroxylation is 1. The Morgan fingerprint density at radius 3 is 2.94 bits per heavy atom. The smallest absolute Gasteiger partial charge is 0.123 e. The Kier molecular flexibility index (Phi) is 4.10. The molecule has 0 radical (unpaired) electrons. The number of nitrogens with zero attached hydrogens (tertiary/aromatic N) is 2. The summed E-state index contributed by atoms with van der Waals surface area (Å²) in [4.78, 5) is 0. The number of halogens is 1. The van der Waals surface area contributed by atoms with Gasteiger partial charge in [-0.3, -0.25) is 4.68 Å². The van der Waals surface area contributed by atoms with Crippen LogP contribution in [0.1, 0.15) is 31.0 Å². The van der Waals surface area contributed by atoms with Crippen molar-refractivity contribution in [3.05, 3.63) is 53.6 Å². The highest BCUT2D eigenvalue weighted by atomic mass is 19.1. The Balaban J connectivity index is 1.93. The van der Waals surface area contributed by atoms with Gasteiger partial charge in [0.05, 0.1) is 6.20 Å². The molecule has 2 rings (SSSR count). The lowest BCUT2D eigenvalue weighted by Gasteiger charge is -2.12. The van der Waals surface area contributed by atoms with E-state index in [1.165, 1.54) is 6.07 Å². The topological polar surface area (TPSA) is 29.9 Å². The molecule has 2 aromatic rings. The van der Waals surface area contributed by atoms with Gasteiger partial charge in [0.15, 0.2) is 0 Å². The van der Waals surface area contributed by atoms with Crippen molar-refractivity contribution in [2.75, 3.05) is 0 Å². The molecule has 4 heteroatoms. The second kappa shape index (κ2) is 5.78. The first-order valence-corrected chi connectivity index (χ1v) is 6.19. The molecule has 0 aliphatic heterocycles. The fraction of sp³-hybridized carbons (Fsp3) is 0.357. The summed E-state index contributed by atoms with van der Waals surface area (Å²) in [6, 6.07) is 6.85. The van der Waals surface area contributed by atoms with Gasteiger partial charge in [-0.15, -0.1) is 0 Å². The lowest BCUT2D eigenvalue weighted by Crippen LogP contribution is -2.17. The summed E-state index contributed by atoms with van der Waals surface area (Å²) in [6.07, 6.45) is 3.90. The SMILES string of the molecule is CCn1cc(C(C)NCc2cccc(F)c2)cn1. The summed E-state index contributed by atoms with van der Waals surface area (Å²) < 4.78 is 14.9. The van der Waals surface area contributed by atoms with Gasteiger partial charge < -0.3 is 5.32 Å². The predicted molar refractivity (Wildman–Crippen MR) is 69.6 cm³/mol. The first-order chi connectivity index (χ1) is 8.69. The maximum Gasteiger partial charge on any atom is 0.123 e. The number of aromatic nitrogens is 2. The molecule has 1 heterocycles. The van der Waals surface area contributed by atoms with Crippen LogP contribution >= 0.6 is 0 Å². The summed E-state index contributed by atoms with van der Waals surface area (Å²) in [5, 5.41) is 7.60. The fourth-order valence-electron chi connectivity index (χ4n) is 1.81. The third-order valence-corrected chi connectivity index (χ3v) is 2.98. The second-order valence-electron chi connectivity index (χ2n) is 4.36. The van der Waals surface area contributed by atoms with E-state index in [1.807, 2.05) is 23.1 Å². The van der Waals surface area contributed by atoms with Crippen LogP contribution in [0.3, 0.4) is 0 Å². The van der Waals surface area contributed by atoms with Gasteiger partial charge in [-0.25, -0.2) is 4.39 Å². The van der Waals surface area contributed by atoms with Gasteiger partial charge in [0.1, 0.15) is 5.82 Å². The first kappa shape index (κ1) is 12.8. The summed E-state index contributed by atoms with van der Waals surface area (Å²) in [7, 11) is 0. The maximum atomic E-state index is 13.0. The van der Waals surface area contributed by atoms with E-state index in [1.54, 1.807) is 12.1 Å². The molecule has 0 amide bonds. The standard InChI is InChI=1S/C14H18FN3/c1-3-18-10-13(9-17-18)11(2)16-8-12-5-4-6-14(15)7-12/h4-7,9-11,16H,3,8H2,1-2H3. The van der Waals surface area contributed by atoms with Crippen LogP contribution in [0.15, 0.2) is 36.7 Å². The van der Waals surface area contributed by atoms with E-state index in [-0.39, 0.29) is 11.9 Å². The Bertz CT molecular complexity index is 507. The van der Waals surface area contributed by atoms with E-state index >= 15 is 0 Å². The fourth-order valence-corrected chi connectivity index (χ4v) is 1.81. The Hall–Kier alpha value is -1.68. The minimum atomic E-state index is -0.194. The van der Waals surface area contributed by atoms with Crippen LogP contribution in [0.2, 0.25) is 0 Å². The number of hydrogen-bond donors (Lipinski definition) is 1. The highest BCUT2D eigenvalue weighted by Gasteiger charge is 2.07. The van der Waals surface area contributed by atoms with Gasteiger partial charge in [-0.1, -0.05) is 12.1 Å². The molecule has 96 valence electrons. The molecular weight excluding hydrogens is 229 g/mol. The van der Waals surface area contributed by atoms with Crippen molar-refractivity contribution in [2.24, 2.45) is 0 Å². The van der Waals surface area contributed by atoms with Gasteiger partial charge in [0.2, 0.25) is 0 Å². The van der Waals surface area contributed by atoms with Crippen molar-refractivity contribution in [3.63, 3.8) is 0 Å². The molecule has 0 aliphatic rings. The van der Waals surface area contributed by atoms with E-state index in [4.69, 9.17) is 0 Å². The average Bonchev–Trinajstić information content (AvgIpc) is 2.85. The van der Waals surface area contributed by atoms with E-state index < -0.39 is 0 Å². The van der Waals surface area contributed by atoms with E-state index in [0.29, 0.717) is 6.54 Å². The third kappa shape index (κ3) is 3.17. The monoisotopic (exact) mass is 247 g/mol. The van der Waals surface area contributed by atoms with Crippen molar-refractivity contribution in [3.8, 4) is 0 Å². The molecule has 1 atom stereocenters. The third-order valence-electron chi connectivity index (χ3n) is 2.98. The zero-order valence-electron chi connectivity index (χ0n) is 10.7. The van der Waals surface area contributed by atoms with Crippen LogP contribution in [0, 0.1) is 5.82 Å². The molecule has 0 aliphatic carbocycles. The van der Waals surface area contributed by atoms with Gasteiger partial charge in [-0.2, -0.15) is 5.10 Å². The largest absolute Gasteiger partial charge is 0.306 e. The van der Waals surface area contributed by atoms with Gasteiger partial charge in [-0.05, 0) is 31.5 Å². The van der Waals surface area contributed by atoms with Crippen molar-refractivity contribution in [2.45, 2.75) is 33.0 Å². The number of benzene rings is 1. The zero-order valence-corrected chi connectivity index (χ0v) is 10.7. The maximum absolute atomic E-state index is 13.0. The van der Waals surface area contributed by atoms with E-state index in [0.717, 1.165) is 17.7 Å². The second-order valence-corrected chi connectivity index (χ2v) is 4.36. The van der Waals surface area contributed by atoms with Gasteiger partial charge in [0, 0.05) is 30.9 Å². The van der Waals surface area contributed by atoms with Crippen LogP contribution in [-0.4, -0.2) is 9.78 Å². The van der Waals surface area contributed by atoms with Crippen LogP contribution in [-0.2, 0) is 13.1 Å². The van der Waals surface area contributed by atoms with E-state index in [9.17, 15) is 4.39 Å². The molecule has 0 spiro atoms. The van der Waals surface area contributed by atoms with Crippen molar-refractivity contribution < 1.29 is 4.39 Å². The molecule has 0 fully saturated rings. The summed E-state index contributed by atoms with van der Waals surface area (Å²) >= 11 is 0. The minimum Gasteiger partial charge on any atom is -0.306 e. The molecule has 0 bridgehead atoms.